The van der Waals surface area contributed by atoms with E-state index in [1.54, 1.807) is 74.4 Å². The van der Waals surface area contributed by atoms with E-state index in [2.05, 4.69) is 94.4 Å². The number of likely N-dealkylation sites (N-methyl/N-ethyl adjacent to an activating group) is 9. The third-order valence-corrected chi connectivity index (χ3v) is 26.4. The van der Waals surface area contributed by atoms with Gasteiger partial charge in [-0.1, -0.05) is 136 Å². The summed E-state index contributed by atoms with van der Waals surface area (Å²) in [4.78, 5) is 120. The van der Waals surface area contributed by atoms with Gasteiger partial charge in [0.25, 0.3) is 0 Å². The van der Waals surface area contributed by atoms with Gasteiger partial charge in [-0.25, -0.2) is 5.01 Å². The SMILES string of the molecule is C.C.C.C.C.C.C.C.C.CC(=O)C1C2CCCC2CN1C.CC(=O)C1C2CCCCC2CN1C.CC(=O)C1CC(O)CN1C.CC(=O)C1CC2CC=CC2N1C.CC(=O)C1CC2CCC=CC2N1C.CC(=O)C1CC2CCCCCCC2N1C.CC(=O)C1CCNN1C.CC(=O)C1CCON1C.CC(=O)C1CSCN1C. The summed E-state index contributed by atoms with van der Waals surface area (Å²) in [6.07, 6.45) is 35.4. The second-order valence-corrected chi connectivity index (χ2v) is 33.7. The van der Waals surface area contributed by atoms with Gasteiger partial charge in [0.15, 0.2) is 0 Å². The van der Waals surface area contributed by atoms with Crippen molar-refractivity contribution in [2.45, 2.75) is 349 Å². The maximum absolute atomic E-state index is 11.5. The number of thioether (sulfide) groups is 1. The van der Waals surface area contributed by atoms with Crippen LogP contribution in [0.1, 0.15) is 270 Å². The van der Waals surface area contributed by atoms with Gasteiger partial charge in [-0.05, 0) is 249 Å². The Hall–Kier alpha value is -3.62. The average Bonchev–Trinajstić information content (AvgIpc) is 1.67. The molecule has 0 spiro atoms. The number of rotatable bonds is 9. The number of aliphatic hydroxyl groups excluding tert-OH is 1. The average molecular weight is 1590 g/mol. The minimum atomic E-state index is -0.307. The topological polar surface area (TPSA) is 224 Å². The molecule has 12 fully saturated rings. The van der Waals surface area contributed by atoms with Gasteiger partial charge in [0.1, 0.15) is 52.0 Å². The van der Waals surface area contributed by atoms with Crippen molar-refractivity contribution in [1.82, 2.24) is 49.8 Å². The molecule has 9 heterocycles. The largest absolute Gasteiger partial charge is 0.392 e. The molecule has 0 radical (unpaired) electrons. The van der Waals surface area contributed by atoms with E-state index in [1.807, 2.05) is 42.8 Å². The number of ketones is 9. The molecule has 14 rings (SSSR count). The molecule has 21 nitrogen and oxygen atoms in total. The molecule has 9 saturated heterocycles. The number of carbonyl (C=O) groups excluding carboxylic acids is 9. The summed E-state index contributed by atoms with van der Waals surface area (Å²) >= 11 is 1.82. The number of allylic oxidation sites excluding steroid dienone is 2. The van der Waals surface area contributed by atoms with Crippen molar-refractivity contribution in [3.8, 4) is 0 Å². The molecular weight excluding hydrogens is 1420 g/mol. The number of carbonyl (C=O) groups is 9. The van der Waals surface area contributed by atoms with Crippen LogP contribution < -0.4 is 5.43 Å². The van der Waals surface area contributed by atoms with Crippen molar-refractivity contribution in [3.05, 3.63) is 24.3 Å². The number of likely N-dealkylation sites (tertiary alicyclic amines) is 6. The van der Waals surface area contributed by atoms with Crippen molar-refractivity contribution in [2.75, 3.05) is 108 Å². The predicted molar refractivity (Wildman–Crippen MR) is 468 cm³/mol. The Morgan fingerprint density at radius 2 is 0.820 bits per heavy atom. The fraction of sp³-hybridized carbons (Fsp3) is 0.854. The number of hydroxylamine groups is 2. The van der Waals surface area contributed by atoms with Crippen molar-refractivity contribution >= 4 is 63.8 Å². The minimum Gasteiger partial charge on any atom is -0.392 e. The molecule has 0 aromatic carbocycles. The molecule has 5 aliphatic carbocycles. The number of Topliss-reactive ketones (excluding diaryl/α,β-unsaturated/α-hetero) is 9. The highest BCUT2D eigenvalue weighted by Gasteiger charge is 2.47. The lowest BCUT2D eigenvalue weighted by Crippen LogP contribution is -2.37. The minimum absolute atomic E-state index is 0. The van der Waals surface area contributed by atoms with Crippen LogP contribution in [0.2, 0.25) is 0 Å². The Morgan fingerprint density at radius 3 is 1.21 bits per heavy atom. The van der Waals surface area contributed by atoms with Crippen molar-refractivity contribution in [2.24, 2.45) is 41.4 Å². The maximum atomic E-state index is 11.5. The predicted octanol–water partition coefficient (Wildman–Crippen LogP) is 14.4. The number of nitrogens with one attached hydrogen (secondary N) is 1. The lowest BCUT2D eigenvalue weighted by molar-refractivity contribution is -0.140. The molecule has 3 saturated carbocycles. The molecule has 0 amide bonds. The highest BCUT2D eigenvalue weighted by Crippen LogP contribution is 2.43. The van der Waals surface area contributed by atoms with Crippen LogP contribution in [-0.4, -0.2) is 288 Å². The molecule has 111 heavy (non-hydrogen) atoms. The monoisotopic (exact) mass is 1590 g/mol. The van der Waals surface area contributed by atoms with Crippen LogP contribution in [0.4, 0.5) is 0 Å². The van der Waals surface area contributed by atoms with Crippen molar-refractivity contribution < 1.29 is 53.1 Å². The number of β-amino-alcohol motifs (C(OH)–C–C–N with tert-alkyl or cyclic N) is 1. The second-order valence-electron chi connectivity index (χ2n) is 32.7. The molecule has 14 aliphatic rings. The van der Waals surface area contributed by atoms with Gasteiger partial charge in [0.2, 0.25) is 0 Å². The van der Waals surface area contributed by atoms with Crippen LogP contribution in [0.25, 0.3) is 0 Å². The van der Waals surface area contributed by atoms with Gasteiger partial charge in [0, 0.05) is 70.0 Å². The van der Waals surface area contributed by atoms with Crippen LogP contribution in [0.5, 0.6) is 0 Å². The van der Waals surface area contributed by atoms with E-state index in [-0.39, 0.29) is 145 Å². The highest BCUT2D eigenvalue weighted by atomic mass is 32.2. The quantitative estimate of drug-likeness (QED) is 0.205. The molecule has 20 atom stereocenters. The zero-order valence-electron chi connectivity index (χ0n) is 66.3. The van der Waals surface area contributed by atoms with Crippen LogP contribution in [0, 0.1) is 41.4 Å². The Bertz CT molecular complexity index is 2740. The summed E-state index contributed by atoms with van der Waals surface area (Å²) in [6.45, 7) is 19.6. The van der Waals surface area contributed by atoms with E-state index in [0.29, 0.717) is 90.2 Å². The van der Waals surface area contributed by atoms with Gasteiger partial charge in [-0.2, -0.15) is 5.06 Å². The number of aliphatic hydroxyl groups is 1. The standard InChI is InChI=1S/C13H23NO.C11H19NO.C11H17NO.C10H17NO.C10H15NO.C7H13NO2.C6H12N2O.C6H11NO2.C6H11NOS.9CH4/c1-10(15)13-9-11-7-5-3-4-6-8-12(11)14(13)2;1-8(13)11-10-6-4-3-5-9(10)7-12(11)2;1-8(13)11-7-9-5-3-4-6-10(9)12(11)2;1-7(12)10-9-5-3-4-8(9)6-11(10)2;1-7(12)10-6-8-4-3-5-9(8)11(10)2;1-5(9)7-3-6(10)4-8(7)2;1-5(9)6-3-4-7-8(6)2;1-5(8)6-3-4-9-7(6)2;1-5(8)6-3-9-4-7(6)2;;;;;;;;;/h11-13H,3-9H2,1-2H3;9-11H,3-7H2,1-2H3;4,6,9-11H,3,5,7H2,1-2H3;8-10H,3-6H2,1-2H3;3,5,8-10H,4,6H2,1-2H3;6-7,10H,3-4H2,1-2H3;6-7H,3-4H2,1-2H3;2*6H,3-4H2,1-2H3;9*1H4. The van der Waals surface area contributed by atoms with E-state index < -0.39 is 0 Å². The number of hydrogen-bond acceptors (Lipinski definition) is 22. The van der Waals surface area contributed by atoms with E-state index in [1.165, 1.54) is 103 Å². The third-order valence-electron chi connectivity index (χ3n) is 25.3. The van der Waals surface area contributed by atoms with Crippen LogP contribution in [0.15, 0.2) is 24.3 Å². The fourth-order valence-electron chi connectivity index (χ4n) is 19.7. The van der Waals surface area contributed by atoms with E-state index in [0.717, 1.165) is 87.0 Å². The molecule has 22 heteroatoms. The smallest absolute Gasteiger partial charge is 0.149 e. The van der Waals surface area contributed by atoms with Crippen molar-refractivity contribution in [1.29, 1.82) is 0 Å². The zero-order chi connectivity index (χ0) is 75.4. The molecule has 652 valence electrons. The molecule has 20 unspecified atom stereocenters. The van der Waals surface area contributed by atoms with Crippen molar-refractivity contribution in [3.63, 3.8) is 0 Å². The second kappa shape index (κ2) is 55.1. The van der Waals surface area contributed by atoms with Crippen LogP contribution in [0.3, 0.4) is 0 Å². The number of hydrazine groups is 1. The first-order valence-corrected chi connectivity index (χ1v) is 40.3. The van der Waals surface area contributed by atoms with E-state index in [9.17, 15) is 43.2 Å². The van der Waals surface area contributed by atoms with Crippen LogP contribution in [-0.2, 0) is 48.0 Å². The lowest BCUT2D eigenvalue weighted by atomic mass is 9.78. The molecule has 0 bridgehead atoms. The van der Waals surface area contributed by atoms with Gasteiger partial charge in [0.05, 0.1) is 67.1 Å². The summed E-state index contributed by atoms with van der Waals surface area (Å²) in [7, 11) is 18.0. The Morgan fingerprint density at radius 1 is 0.387 bits per heavy atom. The molecule has 9 aliphatic heterocycles. The van der Waals surface area contributed by atoms with E-state index in [4.69, 9.17) is 9.94 Å². The van der Waals surface area contributed by atoms with Gasteiger partial charge < -0.3 is 5.11 Å². The summed E-state index contributed by atoms with van der Waals surface area (Å²) in [6, 6.07) is 3.10. The Labute approximate surface area is 685 Å². The normalized spacial score (nSPS) is 33.5. The zero-order valence-corrected chi connectivity index (χ0v) is 67.1. The summed E-state index contributed by atoms with van der Waals surface area (Å²) < 4.78 is 0. The number of nitrogens with zero attached hydrogens (tertiary/aromatic N) is 9. The number of hydrogen-bond donors (Lipinski definition) is 2. The molecule has 2 N–H and O–H groups in total. The first-order chi connectivity index (χ1) is 48.2. The van der Waals surface area contributed by atoms with Gasteiger partial charge in [-0.15, -0.1) is 11.8 Å². The molecule has 0 aromatic rings. The maximum Gasteiger partial charge on any atom is 0.149 e. The first-order valence-electron chi connectivity index (χ1n) is 39.2. The molecular formula is C89H174N10O11S. The summed E-state index contributed by atoms with van der Waals surface area (Å²) in [5.41, 5.74) is 3.06. The van der Waals surface area contributed by atoms with Gasteiger partial charge in [-0.3, -0.25) is 87.7 Å². The summed E-state index contributed by atoms with van der Waals surface area (Å²) in [5.74, 6) is 9.85. The van der Waals surface area contributed by atoms with Gasteiger partial charge >= 0.3 is 0 Å². The van der Waals surface area contributed by atoms with E-state index >= 15 is 0 Å². The Balaban J connectivity index is -0.000000577. The van der Waals surface area contributed by atoms with Crippen LogP contribution >= 0.6 is 11.8 Å². The summed E-state index contributed by atoms with van der Waals surface area (Å²) in [5, 5.41) is 12.6. The number of fused-ring (bicyclic) bond motifs is 5. The lowest BCUT2D eigenvalue weighted by Gasteiger charge is -2.28. The fourth-order valence-corrected chi connectivity index (χ4v) is 21.0. The highest BCUT2D eigenvalue weighted by molar-refractivity contribution is 7.99. The first kappa shape index (κ1) is 114. The molecule has 0 aromatic heterocycles. The third kappa shape index (κ3) is 32.3. The Kier molecular flexibility index (Phi) is 56.5.